The summed E-state index contributed by atoms with van der Waals surface area (Å²) < 4.78 is 13.2. The number of nitrogens with zero attached hydrogens (tertiary/aromatic N) is 3. The third-order valence-electron chi connectivity index (χ3n) is 4.23. The number of benzene rings is 1. The second-order valence-corrected chi connectivity index (χ2v) is 6.03. The molecule has 1 aromatic heterocycles. The monoisotopic (exact) mass is 340 g/mol. The van der Waals surface area contributed by atoms with E-state index in [9.17, 15) is 4.79 Å². The molecule has 0 saturated carbocycles. The predicted octanol–water partition coefficient (Wildman–Crippen LogP) is 1.57. The average molecular weight is 340 g/mol. The summed E-state index contributed by atoms with van der Waals surface area (Å²) in [5.74, 6) is 0.475. The van der Waals surface area contributed by atoms with Gasteiger partial charge in [0, 0.05) is 13.7 Å². The summed E-state index contributed by atoms with van der Waals surface area (Å²) in [6, 6.07) is 8.81. The molecule has 0 radical (unpaired) electrons. The summed E-state index contributed by atoms with van der Waals surface area (Å²) in [6.45, 7) is 2.78. The highest BCUT2D eigenvalue weighted by atomic mass is 16.5. The first-order chi connectivity index (χ1) is 12.1. The second-order valence-electron chi connectivity index (χ2n) is 6.03. The Morgan fingerprint density at radius 1 is 1.44 bits per heavy atom. The number of aryl methyl sites for hydroxylation is 2. The van der Waals surface area contributed by atoms with E-state index in [1.54, 1.807) is 42.2 Å². The van der Waals surface area contributed by atoms with E-state index < -0.39 is 0 Å². The fraction of sp³-hybridized carbons (Fsp3) is 0.389. The van der Waals surface area contributed by atoms with Crippen LogP contribution in [0.15, 0.2) is 30.6 Å². The predicted molar refractivity (Wildman–Crippen MR) is 90.2 cm³/mol. The van der Waals surface area contributed by atoms with Gasteiger partial charge in [-0.25, -0.2) is 4.98 Å². The van der Waals surface area contributed by atoms with Crippen molar-refractivity contribution in [1.82, 2.24) is 14.9 Å². The zero-order valence-corrected chi connectivity index (χ0v) is 14.2. The molecule has 1 amide bonds. The van der Waals surface area contributed by atoms with Crippen molar-refractivity contribution >= 4 is 5.91 Å². The van der Waals surface area contributed by atoms with E-state index in [1.165, 1.54) is 0 Å². The van der Waals surface area contributed by atoms with E-state index in [-0.39, 0.29) is 18.1 Å². The van der Waals surface area contributed by atoms with Gasteiger partial charge in [0.15, 0.2) is 0 Å². The van der Waals surface area contributed by atoms with Gasteiger partial charge in [-0.15, -0.1) is 0 Å². The van der Waals surface area contributed by atoms with E-state index >= 15 is 0 Å². The molecule has 7 heteroatoms. The van der Waals surface area contributed by atoms with Gasteiger partial charge in [-0.1, -0.05) is 0 Å². The molecular weight excluding hydrogens is 320 g/mol. The first-order valence-electron chi connectivity index (χ1n) is 8.12. The lowest BCUT2D eigenvalue weighted by Crippen LogP contribution is -2.51. The number of aromatic nitrogens is 2. The van der Waals surface area contributed by atoms with Crippen LogP contribution in [0.25, 0.3) is 0 Å². The van der Waals surface area contributed by atoms with Crippen LogP contribution in [0.3, 0.4) is 0 Å². The molecule has 2 atom stereocenters. The van der Waals surface area contributed by atoms with E-state index in [4.69, 9.17) is 14.7 Å². The maximum atomic E-state index is 12.6. The van der Waals surface area contributed by atoms with Crippen molar-refractivity contribution in [2.45, 2.75) is 25.5 Å². The van der Waals surface area contributed by atoms with Crippen LogP contribution in [0, 0.1) is 18.3 Å². The van der Waals surface area contributed by atoms with E-state index in [0.29, 0.717) is 42.3 Å². The van der Waals surface area contributed by atoms with Crippen LogP contribution in [0.1, 0.15) is 28.2 Å². The highest BCUT2D eigenvalue weighted by Gasteiger charge is 2.30. The van der Waals surface area contributed by atoms with Crippen molar-refractivity contribution < 1.29 is 14.3 Å². The summed E-state index contributed by atoms with van der Waals surface area (Å²) in [4.78, 5) is 16.7. The fourth-order valence-electron chi connectivity index (χ4n) is 2.88. The average Bonchev–Trinajstić information content (AvgIpc) is 2.96. The van der Waals surface area contributed by atoms with Crippen LogP contribution in [-0.4, -0.2) is 40.8 Å². The van der Waals surface area contributed by atoms with Crippen molar-refractivity contribution in [2.75, 3.05) is 13.2 Å². The highest BCUT2D eigenvalue weighted by molar-refractivity contribution is 5.93. The van der Waals surface area contributed by atoms with Gasteiger partial charge in [0.1, 0.15) is 17.5 Å². The van der Waals surface area contributed by atoms with Gasteiger partial charge >= 0.3 is 0 Å². The molecule has 7 nitrogen and oxygen atoms in total. The standard InChI is InChI=1S/C18H20N4O3/c1-12-17(22(2)11-20-12)18(23)21-15-7-8-24-10-16(15)25-14-5-3-13(9-19)4-6-14/h3-6,11,15-16H,7-8,10H2,1-2H3,(H,21,23)/t15-,16-/m1/s1. The Morgan fingerprint density at radius 2 is 2.20 bits per heavy atom. The molecule has 1 saturated heterocycles. The fourth-order valence-corrected chi connectivity index (χ4v) is 2.88. The van der Waals surface area contributed by atoms with Crippen LogP contribution in [0.4, 0.5) is 0 Å². The molecule has 0 spiro atoms. The summed E-state index contributed by atoms with van der Waals surface area (Å²) in [5, 5.41) is 11.9. The number of hydrogen-bond donors (Lipinski definition) is 1. The minimum atomic E-state index is -0.292. The summed E-state index contributed by atoms with van der Waals surface area (Å²) in [7, 11) is 1.80. The smallest absolute Gasteiger partial charge is 0.270 e. The normalized spacial score (nSPS) is 19.9. The SMILES string of the molecule is Cc1ncn(C)c1C(=O)N[C@@H]1CCOC[C@H]1Oc1ccc(C#N)cc1. The van der Waals surface area contributed by atoms with Gasteiger partial charge in [0.05, 0.1) is 36.3 Å². The lowest BCUT2D eigenvalue weighted by molar-refractivity contribution is -0.0135. The first kappa shape index (κ1) is 17.0. The number of carbonyl (C=O) groups excluding carboxylic acids is 1. The Balaban J connectivity index is 1.70. The molecule has 2 aromatic rings. The Morgan fingerprint density at radius 3 is 2.84 bits per heavy atom. The highest BCUT2D eigenvalue weighted by Crippen LogP contribution is 2.19. The van der Waals surface area contributed by atoms with Crippen molar-refractivity contribution in [2.24, 2.45) is 7.05 Å². The van der Waals surface area contributed by atoms with E-state index in [1.807, 2.05) is 6.92 Å². The minimum Gasteiger partial charge on any atom is -0.486 e. The number of hydrogen-bond acceptors (Lipinski definition) is 5. The molecule has 1 aliphatic heterocycles. The molecule has 0 aliphatic carbocycles. The minimum absolute atomic E-state index is 0.161. The molecule has 1 aromatic carbocycles. The molecule has 25 heavy (non-hydrogen) atoms. The lowest BCUT2D eigenvalue weighted by atomic mass is 10.1. The van der Waals surface area contributed by atoms with Gasteiger partial charge < -0.3 is 19.4 Å². The molecule has 0 bridgehead atoms. The van der Waals surface area contributed by atoms with Gasteiger partial charge in [0.25, 0.3) is 5.91 Å². The van der Waals surface area contributed by atoms with Crippen LogP contribution in [0.2, 0.25) is 0 Å². The van der Waals surface area contributed by atoms with E-state index in [0.717, 1.165) is 0 Å². The number of imidazole rings is 1. The Kier molecular flexibility index (Phi) is 5.00. The third kappa shape index (κ3) is 3.80. The number of ether oxygens (including phenoxy) is 2. The Labute approximate surface area is 146 Å². The molecule has 1 N–H and O–H groups in total. The number of nitrogens with one attached hydrogen (secondary N) is 1. The summed E-state index contributed by atoms with van der Waals surface area (Å²) >= 11 is 0. The zero-order chi connectivity index (χ0) is 17.8. The molecule has 3 rings (SSSR count). The van der Waals surface area contributed by atoms with Gasteiger partial charge in [0.2, 0.25) is 0 Å². The zero-order valence-electron chi connectivity index (χ0n) is 14.2. The molecule has 1 fully saturated rings. The lowest BCUT2D eigenvalue weighted by Gasteiger charge is -2.32. The van der Waals surface area contributed by atoms with Crippen LogP contribution < -0.4 is 10.1 Å². The molecule has 1 aliphatic rings. The Hall–Kier alpha value is -2.85. The molecule has 2 heterocycles. The molecule has 0 unspecified atom stereocenters. The maximum absolute atomic E-state index is 12.6. The van der Waals surface area contributed by atoms with Gasteiger partial charge in [-0.05, 0) is 37.6 Å². The van der Waals surface area contributed by atoms with Crippen molar-refractivity contribution in [3.8, 4) is 11.8 Å². The number of amides is 1. The van der Waals surface area contributed by atoms with Crippen molar-refractivity contribution in [3.63, 3.8) is 0 Å². The third-order valence-corrected chi connectivity index (χ3v) is 4.23. The van der Waals surface area contributed by atoms with Gasteiger partial charge in [-0.3, -0.25) is 4.79 Å². The summed E-state index contributed by atoms with van der Waals surface area (Å²) in [5.41, 5.74) is 1.81. The topological polar surface area (TPSA) is 89.2 Å². The number of nitriles is 1. The van der Waals surface area contributed by atoms with E-state index in [2.05, 4.69) is 16.4 Å². The van der Waals surface area contributed by atoms with Crippen LogP contribution in [-0.2, 0) is 11.8 Å². The summed E-state index contributed by atoms with van der Waals surface area (Å²) in [6.07, 6.45) is 2.00. The second kappa shape index (κ2) is 7.36. The first-order valence-corrected chi connectivity index (χ1v) is 8.12. The molecular formula is C18H20N4O3. The Bertz CT molecular complexity index is 772. The molecule has 130 valence electrons. The number of carbonyl (C=O) groups is 1. The van der Waals surface area contributed by atoms with Crippen LogP contribution in [0.5, 0.6) is 5.75 Å². The van der Waals surface area contributed by atoms with Crippen molar-refractivity contribution in [3.05, 3.63) is 47.5 Å². The number of rotatable bonds is 4. The quantitative estimate of drug-likeness (QED) is 0.912. The largest absolute Gasteiger partial charge is 0.486 e. The maximum Gasteiger partial charge on any atom is 0.270 e. The van der Waals surface area contributed by atoms with Crippen LogP contribution >= 0.6 is 0 Å². The van der Waals surface area contributed by atoms with Gasteiger partial charge in [-0.2, -0.15) is 5.26 Å². The van der Waals surface area contributed by atoms with Crippen molar-refractivity contribution in [1.29, 1.82) is 5.26 Å².